The number of aliphatic hydroxyl groups excluding tert-OH is 1. The third-order valence-corrected chi connectivity index (χ3v) is 3.32. The average Bonchev–Trinajstić information content (AvgIpc) is 2.78. The maximum Gasteiger partial charge on any atom is 0.321 e. The Morgan fingerprint density at radius 1 is 1.25 bits per heavy atom. The lowest BCUT2D eigenvalue weighted by atomic mass is 10.1. The number of nitrogens with one attached hydrogen (secondary N) is 2. The lowest BCUT2D eigenvalue weighted by Crippen LogP contribution is -2.51. The molecule has 1 aliphatic rings. The predicted octanol–water partition coefficient (Wildman–Crippen LogP) is 0.848. The molecule has 20 heavy (non-hydrogen) atoms. The van der Waals surface area contributed by atoms with Crippen LogP contribution in [0.1, 0.15) is 46.5 Å². The van der Waals surface area contributed by atoms with E-state index in [1.54, 1.807) is 0 Å². The van der Waals surface area contributed by atoms with Crippen molar-refractivity contribution in [3.63, 3.8) is 0 Å². The molecule has 0 atom stereocenters. The number of nitrogens with zero attached hydrogens (tertiary/aromatic N) is 1. The van der Waals surface area contributed by atoms with Crippen molar-refractivity contribution in [2.45, 2.75) is 58.0 Å². The van der Waals surface area contributed by atoms with Gasteiger partial charge in [0.2, 0.25) is 5.91 Å². The average molecular weight is 285 g/mol. The highest BCUT2D eigenvalue weighted by atomic mass is 16.3. The van der Waals surface area contributed by atoms with Crippen molar-refractivity contribution in [3.05, 3.63) is 0 Å². The fourth-order valence-electron chi connectivity index (χ4n) is 2.51. The summed E-state index contributed by atoms with van der Waals surface area (Å²) < 4.78 is 0. The van der Waals surface area contributed by atoms with Gasteiger partial charge in [-0.3, -0.25) is 15.0 Å². The predicted molar refractivity (Wildman–Crippen MR) is 77.3 cm³/mol. The van der Waals surface area contributed by atoms with E-state index in [2.05, 4.69) is 10.6 Å². The number of imide groups is 1. The Hall–Kier alpha value is -1.14. The molecule has 0 heterocycles. The molecular formula is C14H27N3O3. The van der Waals surface area contributed by atoms with Crippen molar-refractivity contribution in [2.24, 2.45) is 0 Å². The number of amides is 3. The maximum absolute atomic E-state index is 11.9. The van der Waals surface area contributed by atoms with E-state index in [0.29, 0.717) is 12.6 Å². The monoisotopic (exact) mass is 285 g/mol. The molecule has 1 aliphatic carbocycles. The Labute approximate surface area is 120 Å². The minimum absolute atomic E-state index is 0.0258. The number of hydrogen-bond donors (Lipinski definition) is 3. The summed E-state index contributed by atoms with van der Waals surface area (Å²) in [6.07, 6.45) is 4.44. The molecule has 0 radical (unpaired) electrons. The zero-order valence-corrected chi connectivity index (χ0v) is 12.7. The molecule has 0 unspecified atom stereocenters. The first-order valence-electron chi connectivity index (χ1n) is 7.29. The minimum Gasteiger partial charge on any atom is -0.395 e. The van der Waals surface area contributed by atoms with E-state index < -0.39 is 6.03 Å². The van der Waals surface area contributed by atoms with E-state index >= 15 is 0 Å². The minimum atomic E-state index is -0.474. The highest BCUT2D eigenvalue weighted by molar-refractivity contribution is 5.95. The van der Waals surface area contributed by atoms with Crippen LogP contribution in [0.3, 0.4) is 0 Å². The van der Waals surface area contributed by atoms with E-state index in [9.17, 15) is 9.59 Å². The van der Waals surface area contributed by atoms with Crippen LogP contribution in [0.5, 0.6) is 0 Å². The lowest BCUT2D eigenvalue weighted by Gasteiger charge is -2.27. The van der Waals surface area contributed by atoms with E-state index in [0.717, 1.165) is 12.8 Å². The van der Waals surface area contributed by atoms with Crippen LogP contribution in [0, 0.1) is 0 Å². The second-order valence-corrected chi connectivity index (χ2v) is 6.38. The zero-order chi connectivity index (χ0) is 15.2. The van der Waals surface area contributed by atoms with Crippen molar-refractivity contribution in [2.75, 3.05) is 19.7 Å². The molecule has 0 aromatic carbocycles. The molecule has 0 saturated heterocycles. The van der Waals surface area contributed by atoms with E-state index in [1.807, 2.05) is 25.7 Å². The summed E-state index contributed by atoms with van der Waals surface area (Å²) in [4.78, 5) is 25.5. The van der Waals surface area contributed by atoms with Crippen LogP contribution in [0.15, 0.2) is 0 Å². The fraction of sp³-hybridized carbons (Fsp3) is 0.857. The van der Waals surface area contributed by atoms with Crippen LogP contribution in [-0.4, -0.2) is 53.2 Å². The van der Waals surface area contributed by atoms with Gasteiger partial charge in [0.1, 0.15) is 0 Å². The van der Waals surface area contributed by atoms with Gasteiger partial charge >= 0.3 is 6.03 Å². The van der Waals surface area contributed by atoms with E-state index in [4.69, 9.17) is 5.11 Å². The standard InChI is InChI=1S/C14H27N3O3/c1-14(2,3)16-13(20)15-12(19)10-17(8-9-18)11-6-4-5-7-11/h11,18H,4-10H2,1-3H3,(H2,15,16,19,20). The van der Waals surface area contributed by atoms with Gasteiger partial charge in [-0.25, -0.2) is 4.79 Å². The first-order valence-corrected chi connectivity index (χ1v) is 7.29. The molecular weight excluding hydrogens is 258 g/mol. The smallest absolute Gasteiger partial charge is 0.321 e. The molecule has 0 aromatic rings. The molecule has 6 heteroatoms. The highest BCUT2D eigenvalue weighted by Gasteiger charge is 2.24. The molecule has 1 fully saturated rings. The summed E-state index contributed by atoms with van der Waals surface area (Å²) in [5.41, 5.74) is -0.374. The second kappa shape index (κ2) is 7.59. The van der Waals surface area contributed by atoms with Gasteiger partial charge in [-0.1, -0.05) is 12.8 Å². The molecule has 0 spiro atoms. The van der Waals surface area contributed by atoms with Gasteiger partial charge in [0.15, 0.2) is 0 Å². The molecule has 0 aliphatic heterocycles. The molecule has 6 nitrogen and oxygen atoms in total. The first-order chi connectivity index (χ1) is 9.31. The van der Waals surface area contributed by atoms with Gasteiger partial charge in [0.25, 0.3) is 0 Å². The number of aliphatic hydroxyl groups is 1. The van der Waals surface area contributed by atoms with Crippen LogP contribution in [0.2, 0.25) is 0 Å². The summed E-state index contributed by atoms with van der Waals surface area (Å²) in [7, 11) is 0. The summed E-state index contributed by atoms with van der Waals surface area (Å²) in [5.74, 6) is -0.327. The topological polar surface area (TPSA) is 81.7 Å². The molecule has 3 amide bonds. The van der Waals surface area contributed by atoms with Gasteiger partial charge in [0, 0.05) is 18.1 Å². The summed E-state index contributed by atoms with van der Waals surface area (Å²) in [6.45, 7) is 6.22. The van der Waals surface area contributed by atoms with Crippen molar-refractivity contribution < 1.29 is 14.7 Å². The van der Waals surface area contributed by atoms with Crippen molar-refractivity contribution >= 4 is 11.9 Å². The summed E-state index contributed by atoms with van der Waals surface area (Å²) in [5, 5.41) is 14.1. The molecule has 0 aromatic heterocycles. The maximum atomic E-state index is 11.9. The Morgan fingerprint density at radius 2 is 1.85 bits per heavy atom. The van der Waals surface area contributed by atoms with Crippen molar-refractivity contribution in [3.8, 4) is 0 Å². The third kappa shape index (κ3) is 6.34. The van der Waals surface area contributed by atoms with Gasteiger partial charge in [0.05, 0.1) is 13.2 Å². The van der Waals surface area contributed by atoms with Gasteiger partial charge in [-0.2, -0.15) is 0 Å². The van der Waals surface area contributed by atoms with Crippen LogP contribution in [0.4, 0.5) is 4.79 Å². The van der Waals surface area contributed by atoms with Gasteiger partial charge in [-0.15, -0.1) is 0 Å². The fourth-order valence-corrected chi connectivity index (χ4v) is 2.51. The summed E-state index contributed by atoms with van der Waals surface area (Å²) >= 11 is 0. The largest absolute Gasteiger partial charge is 0.395 e. The normalized spacial score (nSPS) is 16.4. The number of urea groups is 1. The molecule has 116 valence electrons. The third-order valence-electron chi connectivity index (χ3n) is 3.32. The van der Waals surface area contributed by atoms with Crippen LogP contribution in [0.25, 0.3) is 0 Å². The van der Waals surface area contributed by atoms with Gasteiger partial charge < -0.3 is 10.4 Å². The van der Waals surface area contributed by atoms with Crippen LogP contribution >= 0.6 is 0 Å². The van der Waals surface area contributed by atoms with Gasteiger partial charge in [-0.05, 0) is 33.6 Å². The summed E-state index contributed by atoms with van der Waals surface area (Å²) in [6, 6.07) is -0.128. The Morgan fingerprint density at radius 3 is 2.35 bits per heavy atom. The molecule has 3 N–H and O–H groups in total. The Bertz CT molecular complexity index is 333. The number of carbonyl (C=O) groups excluding carboxylic acids is 2. The quantitative estimate of drug-likeness (QED) is 0.699. The lowest BCUT2D eigenvalue weighted by molar-refractivity contribution is -0.121. The SMILES string of the molecule is CC(C)(C)NC(=O)NC(=O)CN(CCO)C1CCCC1. The molecule has 0 bridgehead atoms. The van der Waals surface area contributed by atoms with Crippen LogP contribution in [-0.2, 0) is 4.79 Å². The highest BCUT2D eigenvalue weighted by Crippen LogP contribution is 2.22. The molecule has 1 saturated carbocycles. The van der Waals surface area contributed by atoms with E-state index in [-0.39, 0.29) is 24.6 Å². The second-order valence-electron chi connectivity index (χ2n) is 6.38. The van der Waals surface area contributed by atoms with Crippen molar-refractivity contribution in [1.29, 1.82) is 0 Å². The van der Waals surface area contributed by atoms with E-state index in [1.165, 1.54) is 12.8 Å². The molecule has 1 rings (SSSR count). The van der Waals surface area contributed by atoms with Crippen molar-refractivity contribution in [1.82, 2.24) is 15.5 Å². The Kier molecular flexibility index (Phi) is 6.42. The first kappa shape index (κ1) is 16.9. The zero-order valence-electron chi connectivity index (χ0n) is 12.7. The number of rotatable bonds is 5. The number of hydrogen-bond acceptors (Lipinski definition) is 4. The number of carbonyl (C=O) groups is 2. The Balaban J connectivity index is 2.43. The van der Waals surface area contributed by atoms with Crippen LogP contribution < -0.4 is 10.6 Å².